The zero-order chi connectivity index (χ0) is 29.2. The van der Waals surface area contributed by atoms with Crippen LogP contribution in [0.15, 0.2) is 24.3 Å². The molecule has 9 nitrogen and oxygen atoms in total. The highest BCUT2D eigenvalue weighted by Crippen LogP contribution is 2.27. The number of carbonyl (C=O) groups excluding carboxylic acids is 4. The molecule has 3 N–H and O–H groups in total. The summed E-state index contributed by atoms with van der Waals surface area (Å²) in [6.45, 7) is 9.49. The first kappa shape index (κ1) is 31.8. The number of ether oxygens (including phenoxy) is 1. The highest BCUT2D eigenvalue weighted by Gasteiger charge is 2.44. The van der Waals surface area contributed by atoms with Gasteiger partial charge in [-0.3, -0.25) is 19.2 Å². The molecule has 0 aromatic heterocycles. The molecule has 214 valence electrons. The molecule has 39 heavy (non-hydrogen) atoms. The minimum atomic E-state index is -0.876. The maximum Gasteiger partial charge on any atom is 0.305 e. The van der Waals surface area contributed by atoms with Crippen LogP contribution in [0.1, 0.15) is 90.3 Å². The molecular formula is C30H43N3O6. The number of hydrogen-bond donors (Lipinski definition) is 3. The number of aliphatic hydroxyl groups is 1. The number of likely N-dealkylation sites (tertiary alicyclic amines) is 1. The zero-order valence-electron chi connectivity index (χ0n) is 23.8. The van der Waals surface area contributed by atoms with Gasteiger partial charge in [-0.05, 0) is 49.8 Å². The fraction of sp³-hybridized carbons (Fsp3) is 0.600. The molecule has 2 rings (SSSR count). The Morgan fingerprint density at radius 2 is 1.74 bits per heavy atom. The van der Waals surface area contributed by atoms with Gasteiger partial charge in [-0.1, -0.05) is 45.2 Å². The average molecular weight is 542 g/mol. The Balaban J connectivity index is 2.01. The van der Waals surface area contributed by atoms with Gasteiger partial charge in [-0.25, -0.2) is 0 Å². The average Bonchev–Trinajstić information content (AvgIpc) is 3.28. The van der Waals surface area contributed by atoms with Crippen LogP contribution in [-0.4, -0.2) is 65.0 Å². The van der Waals surface area contributed by atoms with E-state index in [9.17, 15) is 24.3 Å². The topological polar surface area (TPSA) is 125 Å². The van der Waals surface area contributed by atoms with Crippen LogP contribution < -0.4 is 10.6 Å². The summed E-state index contributed by atoms with van der Waals surface area (Å²) in [6, 6.07) is 5.21. The van der Waals surface area contributed by atoms with Gasteiger partial charge in [-0.2, -0.15) is 0 Å². The van der Waals surface area contributed by atoms with Crippen LogP contribution in [0.3, 0.4) is 0 Å². The fourth-order valence-corrected chi connectivity index (χ4v) is 4.58. The molecule has 3 amide bonds. The highest BCUT2D eigenvalue weighted by atomic mass is 16.5. The van der Waals surface area contributed by atoms with Gasteiger partial charge in [0.2, 0.25) is 17.7 Å². The number of unbranched alkanes of at least 4 members (excludes halogenated alkanes) is 2. The van der Waals surface area contributed by atoms with Crippen LogP contribution in [0.4, 0.5) is 0 Å². The summed E-state index contributed by atoms with van der Waals surface area (Å²) in [5, 5.41) is 16.2. The van der Waals surface area contributed by atoms with Gasteiger partial charge in [0.25, 0.3) is 0 Å². The predicted molar refractivity (Wildman–Crippen MR) is 148 cm³/mol. The van der Waals surface area contributed by atoms with E-state index < -0.39 is 29.5 Å². The zero-order valence-corrected chi connectivity index (χ0v) is 23.8. The summed E-state index contributed by atoms with van der Waals surface area (Å²) in [7, 11) is 0. The van der Waals surface area contributed by atoms with Crippen LogP contribution >= 0.6 is 0 Å². The van der Waals surface area contributed by atoms with Crippen LogP contribution in [0.2, 0.25) is 0 Å². The number of aliphatic hydroxyl groups excluding tert-OH is 1. The third kappa shape index (κ3) is 9.70. The Morgan fingerprint density at radius 3 is 2.33 bits per heavy atom. The number of amides is 3. The number of carbonyl (C=O) groups is 4. The van der Waals surface area contributed by atoms with Gasteiger partial charge in [0.05, 0.1) is 18.8 Å². The lowest BCUT2D eigenvalue weighted by Gasteiger charge is -2.35. The van der Waals surface area contributed by atoms with E-state index in [1.54, 1.807) is 19.1 Å². The van der Waals surface area contributed by atoms with E-state index in [4.69, 9.17) is 11.2 Å². The smallest absolute Gasteiger partial charge is 0.305 e. The van der Waals surface area contributed by atoms with Crippen molar-refractivity contribution < 1.29 is 29.0 Å². The Morgan fingerprint density at radius 1 is 1.10 bits per heavy atom. The minimum absolute atomic E-state index is 0.0124. The third-order valence-electron chi connectivity index (χ3n) is 6.81. The lowest BCUT2D eigenvalue weighted by atomic mass is 9.85. The molecule has 0 saturated carbocycles. The number of nitrogens with zero attached hydrogens (tertiary/aromatic N) is 1. The number of hydrogen-bond acceptors (Lipinski definition) is 6. The molecule has 1 saturated heterocycles. The highest BCUT2D eigenvalue weighted by molar-refractivity contribution is 5.93. The van der Waals surface area contributed by atoms with Gasteiger partial charge < -0.3 is 25.4 Å². The molecule has 1 aromatic carbocycles. The quantitative estimate of drug-likeness (QED) is 0.212. The van der Waals surface area contributed by atoms with E-state index in [0.29, 0.717) is 32.3 Å². The molecular weight excluding hydrogens is 498 g/mol. The van der Waals surface area contributed by atoms with E-state index in [0.717, 1.165) is 11.1 Å². The summed E-state index contributed by atoms with van der Waals surface area (Å²) in [6.07, 6.45) is 7.10. The molecule has 0 radical (unpaired) electrons. The number of benzene rings is 1. The van der Waals surface area contributed by atoms with Crippen molar-refractivity contribution in [2.45, 2.75) is 97.4 Å². The molecule has 1 fully saturated rings. The molecule has 0 bridgehead atoms. The first-order valence-corrected chi connectivity index (χ1v) is 13.7. The molecule has 1 aliphatic heterocycles. The second-order valence-corrected chi connectivity index (χ2v) is 11.1. The molecule has 1 aromatic rings. The van der Waals surface area contributed by atoms with Crippen LogP contribution in [0.25, 0.3) is 0 Å². The SMILES string of the molecule is C#Cc1ccc(C(C)NC(=O)[C@@H]2C[C@@H](O)CN2C(=O)C(NC(=O)CCCCCC(=O)OCC)C(C)(C)C)cc1. The number of nitrogens with one attached hydrogen (secondary N) is 2. The molecule has 0 aliphatic carbocycles. The first-order chi connectivity index (χ1) is 18.4. The lowest BCUT2D eigenvalue weighted by molar-refractivity contribution is -0.144. The molecule has 0 spiro atoms. The Bertz CT molecular complexity index is 1040. The van der Waals surface area contributed by atoms with Crippen molar-refractivity contribution in [1.29, 1.82) is 0 Å². The second kappa shape index (κ2) is 14.7. The fourth-order valence-electron chi connectivity index (χ4n) is 4.58. The number of esters is 1. The van der Waals surface area contributed by atoms with Gasteiger partial charge in [0.1, 0.15) is 12.1 Å². The largest absolute Gasteiger partial charge is 0.466 e. The normalized spacial score (nSPS) is 18.5. The summed E-state index contributed by atoms with van der Waals surface area (Å²) in [4.78, 5) is 52.5. The summed E-state index contributed by atoms with van der Waals surface area (Å²) >= 11 is 0. The lowest BCUT2D eigenvalue weighted by Crippen LogP contribution is -2.57. The number of rotatable bonds is 12. The summed E-state index contributed by atoms with van der Waals surface area (Å²) in [5.74, 6) is 1.27. The molecule has 4 atom stereocenters. The van der Waals surface area contributed by atoms with Crippen molar-refractivity contribution in [2.24, 2.45) is 5.41 Å². The van der Waals surface area contributed by atoms with Gasteiger partial charge >= 0.3 is 5.97 Å². The van der Waals surface area contributed by atoms with Crippen molar-refractivity contribution in [2.75, 3.05) is 13.2 Å². The van der Waals surface area contributed by atoms with Crippen LogP contribution in [0.5, 0.6) is 0 Å². The van der Waals surface area contributed by atoms with Gasteiger partial charge in [0.15, 0.2) is 0 Å². The van der Waals surface area contributed by atoms with E-state index in [2.05, 4.69) is 16.6 Å². The summed E-state index contributed by atoms with van der Waals surface area (Å²) < 4.78 is 4.91. The standard InChI is InChI=1S/C30H43N3O6/c1-7-21-14-16-22(17-15-21)20(3)31-28(37)24-18-23(34)19-33(24)29(38)27(30(4,5)6)32-25(35)12-10-9-11-13-26(36)39-8-2/h1,14-17,20,23-24,27,34H,8-13,18-19H2,2-6H3,(H,31,37)(H,32,35)/t20?,23-,24+,27?/m1/s1. The van der Waals surface area contributed by atoms with E-state index in [1.165, 1.54) is 4.90 Å². The van der Waals surface area contributed by atoms with E-state index in [-0.39, 0.29) is 43.2 Å². The van der Waals surface area contributed by atoms with E-state index >= 15 is 0 Å². The third-order valence-corrected chi connectivity index (χ3v) is 6.81. The summed E-state index contributed by atoms with van der Waals surface area (Å²) in [5.41, 5.74) is 0.970. The number of terminal acetylenes is 1. The number of β-amino-alcohol motifs (C(OH)–C–C–N with tert-alkyl or cyclic N) is 1. The molecule has 9 heteroatoms. The van der Waals surface area contributed by atoms with Crippen molar-refractivity contribution >= 4 is 23.7 Å². The van der Waals surface area contributed by atoms with Crippen molar-refractivity contribution in [3.63, 3.8) is 0 Å². The molecule has 2 unspecified atom stereocenters. The van der Waals surface area contributed by atoms with Crippen molar-refractivity contribution in [1.82, 2.24) is 15.5 Å². The predicted octanol–water partition coefficient (Wildman–Crippen LogP) is 2.85. The Labute approximate surface area is 232 Å². The minimum Gasteiger partial charge on any atom is -0.466 e. The Kier molecular flexibility index (Phi) is 12.0. The maximum absolute atomic E-state index is 13.7. The maximum atomic E-state index is 13.7. The van der Waals surface area contributed by atoms with Gasteiger partial charge in [0, 0.05) is 31.4 Å². The van der Waals surface area contributed by atoms with Crippen LogP contribution in [0, 0.1) is 17.8 Å². The molecule has 1 aliphatic rings. The van der Waals surface area contributed by atoms with Crippen molar-refractivity contribution in [3.8, 4) is 12.3 Å². The first-order valence-electron chi connectivity index (χ1n) is 13.7. The second-order valence-electron chi connectivity index (χ2n) is 11.1. The van der Waals surface area contributed by atoms with Gasteiger partial charge in [-0.15, -0.1) is 6.42 Å². The van der Waals surface area contributed by atoms with Crippen LogP contribution in [-0.2, 0) is 23.9 Å². The monoisotopic (exact) mass is 541 g/mol. The van der Waals surface area contributed by atoms with E-state index in [1.807, 2.05) is 39.8 Å². The van der Waals surface area contributed by atoms with Crippen molar-refractivity contribution in [3.05, 3.63) is 35.4 Å². The Hall–Kier alpha value is -3.38. The molecule has 1 heterocycles.